The van der Waals surface area contributed by atoms with Gasteiger partial charge in [0, 0.05) is 32.2 Å². The molecule has 0 aliphatic carbocycles. The zero-order valence-corrected chi connectivity index (χ0v) is 12.8. The van der Waals surface area contributed by atoms with Gasteiger partial charge in [-0.3, -0.25) is 4.68 Å². The largest absolute Gasteiger partial charge is 0.311 e. The third-order valence-electron chi connectivity index (χ3n) is 2.83. The molecule has 0 unspecified atom stereocenters. The quantitative estimate of drug-likeness (QED) is 0.899. The Hall–Kier alpha value is -1.34. The average molecular weight is 280 g/mol. The molecule has 0 saturated carbocycles. The summed E-state index contributed by atoms with van der Waals surface area (Å²) >= 11 is 1.60. The first-order valence-corrected chi connectivity index (χ1v) is 7.08. The van der Waals surface area contributed by atoms with E-state index >= 15 is 0 Å². The maximum Gasteiger partial charge on any atom is 0.197 e. The highest BCUT2D eigenvalue weighted by molar-refractivity contribution is 7.99. The molecule has 2 aromatic rings. The van der Waals surface area contributed by atoms with Gasteiger partial charge in [0.25, 0.3) is 0 Å². The van der Waals surface area contributed by atoms with E-state index in [0.29, 0.717) is 6.04 Å². The molecule has 0 aliphatic heterocycles. The van der Waals surface area contributed by atoms with Gasteiger partial charge in [-0.05, 0) is 18.7 Å². The number of nitrogens with zero attached hydrogens (tertiary/aromatic N) is 5. The van der Waals surface area contributed by atoms with Gasteiger partial charge in [0.05, 0.1) is 5.69 Å². The predicted molar refractivity (Wildman–Crippen MR) is 75.0 cm³/mol. The van der Waals surface area contributed by atoms with Crippen molar-refractivity contribution in [2.45, 2.75) is 43.5 Å². The van der Waals surface area contributed by atoms with Crippen molar-refractivity contribution < 1.29 is 0 Å². The van der Waals surface area contributed by atoms with E-state index in [0.717, 1.165) is 22.4 Å². The van der Waals surface area contributed by atoms with Gasteiger partial charge in [0.15, 0.2) is 5.16 Å². The molecule has 0 saturated heterocycles. The molecule has 0 spiro atoms. The van der Waals surface area contributed by atoms with Crippen molar-refractivity contribution in [1.82, 2.24) is 29.9 Å². The van der Waals surface area contributed by atoms with Gasteiger partial charge in [-0.15, -0.1) is 10.2 Å². The number of aryl methyl sites for hydroxylation is 3. The van der Waals surface area contributed by atoms with Crippen LogP contribution in [0.2, 0.25) is 0 Å². The molecule has 0 atom stereocenters. The lowest BCUT2D eigenvalue weighted by Crippen LogP contribution is -2.22. The third kappa shape index (κ3) is 3.16. The molecule has 2 aromatic heterocycles. The van der Waals surface area contributed by atoms with E-state index in [2.05, 4.69) is 34.5 Å². The molecular formula is C12H20N6S. The fraction of sp³-hybridized carbons (Fsp3) is 0.583. The van der Waals surface area contributed by atoms with Crippen LogP contribution >= 0.6 is 11.8 Å². The van der Waals surface area contributed by atoms with Crippen LogP contribution in [-0.4, -0.2) is 30.6 Å². The summed E-state index contributed by atoms with van der Waals surface area (Å²) in [6, 6.07) is 0.451. The summed E-state index contributed by atoms with van der Waals surface area (Å²) in [5.41, 5.74) is 2.28. The van der Waals surface area contributed by atoms with Crippen molar-refractivity contribution in [3.05, 3.63) is 17.6 Å². The maximum absolute atomic E-state index is 4.50. The van der Waals surface area contributed by atoms with Crippen LogP contribution in [0, 0.1) is 6.92 Å². The van der Waals surface area contributed by atoms with Gasteiger partial charge in [-0.25, -0.2) is 0 Å². The van der Waals surface area contributed by atoms with E-state index in [9.17, 15) is 0 Å². The van der Waals surface area contributed by atoms with E-state index in [4.69, 9.17) is 0 Å². The first kappa shape index (κ1) is 14.1. The lowest BCUT2D eigenvalue weighted by molar-refractivity contribution is 0.580. The summed E-state index contributed by atoms with van der Waals surface area (Å²) in [5.74, 6) is 0. The highest BCUT2D eigenvalue weighted by Crippen LogP contribution is 2.29. The molecule has 6 nitrogen and oxygen atoms in total. The SMILES string of the molecule is Cc1nn(C)c(Sc2nncn2C)c1CNC(C)C. The van der Waals surface area contributed by atoms with E-state index in [1.54, 1.807) is 18.1 Å². The molecule has 0 aromatic carbocycles. The van der Waals surface area contributed by atoms with Gasteiger partial charge in [-0.1, -0.05) is 13.8 Å². The van der Waals surface area contributed by atoms with Crippen molar-refractivity contribution in [1.29, 1.82) is 0 Å². The second-order valence-electron chi connectivity index (χ2n) is 4.85. The van der Waals surface area contributed by atoms with Crippen LogP contribution in [0.15, 0.2) is 16.5 Å². The van der Waals surface area contributed by atoms with Crippen molar-refractivity contribution in [2.75, 3.05) is 0 Å². The minimum Gasteiger partial charge on any atom is -0.311 e. The van der Waals surface area contributed by atoms with Gasteiger partial charge in [-0.2, -0.15) is 5.10 Å². The average Bonchev–Trinajstić information content (AvgIpc) is 2.83. The predicted octanol–water partition coefficient (Wildman–Crippen LogP) is 1.51. The molecule has 0 fully saturated rings. The highest BCUT2D eigenvalue weighted by atomic mass is 32.2. The minimum absolute atomic E-state index is 0.451. The Balaban J connectivity index is 2.26. The van der Waals surface area contributed by atoms with E-state index in [-0.39, 0.29) is 0 Å². The van der Waals surface area contributed by atoms with E-state index < -0.39 is 0 Å². The lowest BCUT2D eigenvalue weighted by Gasteiger charge is -2.09. The topological polar surface area (TPSA) is 60.6 Å². The van der Waals surface area contributed by atoms with E-state index in [1.165, 1.54) is 5.56 Å². The molecule has 1 N–H and O–H groups in total. The Morgan fingerprint density at radius 1 is 1.37 bits per heavy atom. The Labute approximate surface area is 117 Å². The van der Waals surface area contributed by atoms with Crippen LogP contribution in [0.1, 0.15) is 25.1 Å². The lowest BCUT2D eigenvalue weighted by atomic mass is 10.2. The van der Waals surface area contributed by atoms with Crippen LogP contribution in [0.3, 0.4) is 0 Å². The van der Waals surface area contributed by atoms with Gasteiger partial charge in [0.2, 0.25) is 0 Å². The number of nitrogens with one attached hydrogen (secondary N) is 1. The van der Waals surface area contributed by atoms with Crippen LogP contribution in [0.4, 0.5) is 0 Å². The minimum atomic E-state index is 0.451. The molecule has 0 radical (unpaired) electrons. The Bertz CT molecular complexity index is 557. The van der Waals surface area contributed by atoms with Crippen molar-refractivity contribution >= 4 is 11.8 Å². The maximum atomic E-state index is 4.50. The van der Waals surface area contributed by atoms with Gasteiger partial charge < -0.3 is 9.88 Å². The Kier molecular flexibility index (Phi) is 4.26. The molecule has 104 valence electrons. The monoisotopic (exact) mass is 280 g/mol. The standard InChI is InChI=1S/C12H20N6S/c1-8(2)13-6-10-9(3)16-18(5)11(10)19-12-15-14-7-17(12)4/h7-8,13H,6H2,1-5H3. The fourth-order valence-corrected chi connectivity index (χ4v) is 2.74. The smallest absolute Gasteiger partial charge is 0.197 e. The van der Waals surface area contributed by atoms with Crippen LogP contribution < -0.4 is 5.32 Å². The zero-order valence-electron chi connectivity index (χ0n) is 12.0. The molecule has 2 rings (SSSR count). The first-order valence-electron chi connectivity index (χ1n) is 6.26. The summed E-state index contributed by atoms with van der Waals surface area (Å²) in [5, 5.41) is 17.9. The van der Waals surface area contributed by atoms with Crippen LogP contribution in [0.25, 0.3) is 0 Å². The summed E-state index contributed by atoms with van der Waals surface area (Å²) in [4.78, 5) is 0. The van der Waals surface area contributed by atoms with Crippen molar-refractivity contribution in [3.8, 4) is 0 Å². The van der Waals surface area contributed by atoms with E-state index in [1.807, 2.05) is 30.3 Å². The summed E-state index contributed by atoms with van der Waals surface area (Å²) in [7, 11) is 3.90. The van der Waals surface area contributed by atoms with Crippen LogP contribution in [0.5, 0.6) is 0 Å². The first-order chi connectivity index (χ1) is 8.99. The van der Waals surface area contributed by atoms with Crippen molar-refractivity contribution in [2.24, 2.45) is 14.1 Å². The van der Waals surface area contributed by atoms with Gasteiger partial charge in [0.1, 0.15) is 11.4 Å². The zero-order chi connectivity index (χ0) is 14.0. The summed E-state index contributed by atoms with van der Waals surface area (Å²) < 4.78 is 3.82. The molecule has 2 heterocycles. The highest BCUT2D eigenvalue weighted by Gasteiger charge is 2.16. The third-order valence-corrected chi connectivity index (χ3v) is 4.09. The Morgan fingerprint density at radius 2 is 2.11 bits per heavy atom. The normalized spacial score (nSPS) is 11.5. The van der Waals surface area contributed by atoms with Crippen molar-refractivity contribution in [3.63, 3.8) is 0 Å². The van der Waals surface area contributed by atoms with Crippen LogP contribution in [-0.2, 0) is 20.6 Å². The molecular weight excluding hydrogens is 260 g/mol. The second kappa shape index (κ2) is 5.75. The molecule has 7 heteroatoms. The second-order valence-corrected chi connectivity index (χ2v) is 5.81. The molecule has 0 aliphatic rings. The Morgan fingerprint density at radius 3 is 2.68 bits per heavy atom. The van der Waals surface area contributed by atoms with Gasteiger partial charge >= 0.3 is 0 Å². The number of rotatable bonds is 5. The summed E-state index contributed by atoms with van der Waals surface area (Å²) in [6.07, 6.45) is 1.71. The fourth-order valence-electron chi connectivity index (χ4n) is 1.77. The molecule has 0 amide bonds. The molecule has 19 heavy (non-hydrogen) atoms. The summed E-state index contributed by atoms with van der Waals surface area (Å²) in [6.45, 7) is 7.14. The number of hydrogen-bond donors (Lipinski definition) is 1. The number of hydrogen-bond acceptors (Lipinski definition) is 5. The number of aromatic nitrogens is 5. The molecule has 0 bridgehead atoms.